The van der Waals surface area contributed by atoms with Gasteiger partial charge in [0.2, 0.25) is 0 Å². The van der Waals surface area contributed by atoms with Crippen molar-refractivity contribution >= 4 is 0 Å². The molecule has 0 bridgehead atoms. The van der Waals surface area contributed by atoms with Crippen LogP contribution in [0.4, 0.5) is 0 Å². The van der Waals surface area contributed by atoms with Gasteiger partial charge in [-0.1, -0.05) is 19.1 Å². The van der Waals surface area contributed by atoms with E-state index in [0.717, 1.165) is 24.6 Å². The highest BCUT2D eigenvalue weighted by Gasteiger charge is 2.24. The Kier molecular flexibility index (Phi) is 3.89. The largest absolute Gasteiger partial charge is 0.493 e. The van der Waals surface area contributed by atoms with Crippen LogP contribution in [0.15, 0.2) is 18.2 Å². The highest BCUT2D eigenvalue weighted by Crippen LogP contribution is 2.38. The van der Waals surface area contributed by atoms with Gasteiger partial charge < -0.3 is 14.8 Å². The molecular formula is C14H21NO2. The molecule has 3 nitrogen and oxygen atoms in total. The van der Waals surface area contributed by atoms with E-state index in [2.05, 4.69) is 18.3 Å². The first-order chi connectivity index (χ1) is 8.26. The Morgan fingerprint density at radius 1 is 1.18 bits per heavy atom. The molecule has 1 aromatic carbocycles. The minimum Gasteiger partial charge on any atom is -0.493 e. The van der Waals surface area contributed by atoms with Gasteiger partial charge >= 0.3 is 0 Å². The quantitative estimate of drug-likeness (QED) is 0.872. The van der Waals surface area contributed by atoms with Gasteiger partial charge in [0.25, 0.3) is 0 Å². The van der Waals surface area contributed by atoms with Crippen LogP contribution >= 0.6 is 0 Å². The van der Waals surface area contributed by atoms with Crippen LogP contribution in [0.5, 0.6) is 11.5 Å². The van der Waals surface area contributed by atoms with Gasteiger partial charge in [0, 0.05) is 18.0 Å². The number of ether oxygens (including phenoxy) is 2. The molecule has 1 heterocycles. The second-order valence-corrected chi connectivity index (χ2v) is 4.78. The van der Waals surface area contributed by atoms with Crippen molar-refractivity contribution in [3.8, 4) is 11.5 Å². The van der Waals surface area contributed by atoms with E-state index in [1.165, 1.54) is 12.0 Å². The van der Waals surface area contributed by atoms with Crippen molar-refractivity contribution in [2.45, 2.75) is 19.3 Å². The highest BCUT2D eigenvalue weighted by molar-refractivity contribution is 5.48. The van der Waals surface area contributed by atoms with Crippen molar-refractivity contribution in [1.29, 1.82) is 0 Å². The van der Waals surface area contributed by atoms with E-state index < -0.39 is 0 Å². The number of nitrogens with one attached hydrogen (secondary N) is 1. The van der Waals surface area contributed by atoms with Crippen LogP contribution < -0.4 is 14.8 Å². The molecule has 1 saturated heterocycles. The Hall–Kier alpha value is -1.22. The summed E-state index contributed by atoms with van der Waals surface area (Å²) in [5.41, 5.74) is 1.26. The minimum absolute atomic E-state index is 0.517. The van der Waals surface area contributed by atoms with E-state index in [-0.39, 0.29) is 0 Å². The normalized spacial score (nSPS) is 24.4. The van der Waals surface area contributed by atoms with Crippen molar-refractivity contribution in [3.63, 3.8) is 0 Å². The molecule has 0 radical (unpaired) electrons. The second kappa shape index (κ2) is 5.41. The summed E-state index contributed by atoms with van der Waals surface area (Å²) in [5, 5.41) is 3.48. The average Bonchev–Trinajstić information content (AvgIpc) is 2.37. The first-order valence-electron chi connectivity index (χ1n) is 6.17. The third-order valence-corrected chi connectivity index (χ3v) is 3.44. The zero-order chi connectivity index (χ0) is 12.3. The summed E-state index contributed by atoms with van der Waals surface area (Å²) in [6.45, 7) is 4.42. The lowest BCUT2D eigenvalue weighted by atomic mass is 9.86. The molecule has 1 aliphatic heterocycles. The Morgan fingerprint density at radius 2 is 2.00 bits per heavy atom. The maximum atomic E-state index is 5.50. The number of methoxy groups -OCH3 is 2. The number of hydrogen-bond donors (Lipinski definition) is 1. The number of para-hydroxylation sites is 1. The summed E-state index contributed by atoms with van der Waals surface area (Å²) in [4.78, 5) is 0. The van der Waals surface area contributed by atoms with Gasteiger partial charge in [-0.15, -0.1) is 0 Å². The van der Waals surface area contributed by atoms with Crippen LogP contribution in [0.25, 0.3) is 0 Å². The molecule has 0 spiro atoms. The standard InChI is InChI=1S/C14H21NO2/c1-10-7-11(9-15-8-10)12-5-4-6-13(16-2)14(12)17-3/h4-6,10-11,15H,7-9H2,1-3H3. The zero-order valence-corrected chi connectivity index (χ0v) is 10.8. The van der Waals surface area contributed by atoms with Crippen molar-refractivity contribution in [2.75, 3.05) is 27.3 Å². The average molecular weight is 235 g/mol. The number of piperidine rings is 1. The molecule has 1 aliphatic rings. The molecule has 1 N–H and O–H groups in total. The fraction of sp³-hybridized carbons (Fsp3) is 0.571. The predicted molar refractivity (Wildman–Crippen MR) is 68.9 cm³/mol. The fourth-order valence-electron chi connectivity index (χ4n) is 2.63. The number of rotatable bonds is 3. The van der Waals surface area contributed by atoms with Crippen LogP contribution in [0.1, 0.15) is 24.8 Å². The summed E-state index contributed by atoms with van der Waals surface area (Å²) in [5.74, 6) is 2.94. The summed E-state index contributed by atoms with van der Waals surface area (Å²) < 4.78 is 10.9. The van der Waals surface area contributed by atoms with Gasteiger partial charge in [0.15, 0.2) is 11.5 Å². The maximum absolute atomic E-state index is 5.50. The van der Waals surface area contributed by atoms with E-state index >= 15 is 0 Å². The zero-order valence-electron chi connectivity index (χ0n) is 10.8. The number of benzene rings is 1. The van der Waals surface area contributed by atoms with Gasteiger partial charge in [-0.05, 0) is 24.9 Å². The topological polar surface area (TPSA) is 30.5 Å². The van der Waals surface area contributed by atoms with Crippen molar-refractivity contribution in [1.82, 2.24) is 5.32 Å². The van der Waals surface area contributed by atoms with Crippen LogP contribution in [0.3, 0.4) is 0 Å². The Balaban J connectivity index is 2.30. The SMILES string of the molecule is COc1cccc(C2CNCC(C)C2)c1OC. The van der Waals surface area contributed by atoms with Gasteiger partial charge in [0.1, 0.15) is 0 Å². The van der Waals surface area contributed by atoms with E-state index in [9.17, 15) is 0 Å². The lowest BCUT2D eigenvalue weighted by molar-refractivity contribution is 0.330. The molecule has 94 valence electrons. The lowest BCUT2D eigenvalue weighted by Gasteiger charge is -2.29. The summed E-state index contributed by atoms with van der Waals surface area (Å²) in [6.07, 6.45) is 1.20. The Bertz CT molecular complexity index is 378. The first-order valence-corrected chi connectivity index (χ1v) is 6.17. The molecule has 0 aliphatic carbocycles. The third-order valence-electron chi connectivity index (χ3n) is 3.44. The molecule has 3 heteroatoms. The molecule has 17 heavy (non-hydrogen) atoms. The smallest absolute Gasteiger partial charge is 0.164 e. The summed E-state index contributed by atoms with van der Waals surface area (Å²) >= 11 is 0. The molecule has 2 atom stereocenters. The van der Waals surface area contributed by atoms with E-state index in [1.54, 1.807) is 14.2 Å². The van der Waals surface area contributed by atoms with Crippen LogP contribution in [0, 0.1) is 5.92 Å². The van der Waals surface area contributed by atoms with Crippen molar-refractivity contribution in [2.24, 2.45) is 5.92 Å². The predicted octanol–water partition coefficient (Wildman–Crippen LogP) is 2.42. The second-order valence-electron chi connectivity index (χ2n) is 4.78. The maximum Gasteiger partial charge on any atom is 0.164 e. The first kappa shape index (κ1) is 12.2. The third kappa shape index (κ3) is 2.55. The highest BCUT2D eigenvalue weighted by atomic mass is 16.5. The molecule has 2 unspecified atom stereocenters. The molecule has 0 aromatic heterocycles. The van der Waals surface area contributed by atoms with Crippen LogP contribution in [-0.4, -0.2) is 27.3 Å². The van der Waals surface area contributed by atoms with Crippen LogP contribution in [0.2, 0.25) is 0 Å². The summed E-state index contributed by atoms with van der Waals surface area (Å²) in [6, 6.07) is 6.13. The lowest BCUT2D eigenvalue weighted by Crippen LogP contribution is -2.33. The monoisotopic (exact) mass is 235 g/mol. The number of hydrogen-bond acceptors (Lipinski definition) is 3. The Labute approximate surface area is 103 Å². The van der Waals surface area contributed by atoms with Crippen LogP contribution in [-0.2, 0) is 0 Å². The summed E-state index contributed by atoms with van der Waals surface area (Å²) in [7, 11) is 3.39. The molecule has 0 amide bonds. The molecule has 2 rings (SSSR count). The van der Waals surface area contributed by atoms with Gasteiger partial charge in [0.05, 0.1) is 14.2 Å². The van der Waals surface area contributed by atoms with Gasteiger partial charge in [-0.2, -0.15) is 0 Å². The molecule has 0 saturated carbocycles. The molecular weight excluding hydrogens is 214 g/mol. The van der Waals surface area contributed by atoms with Gasteiger partial charge in [-0.3, -0.25) is 0 Å². The van der Waals surface area contributed by atoms with Gasteiger partial charge in [-0.25, -0.2) is 0 Å². The van der Waals surface area contributed by atoms with E-state index in [4.69, 9.17) is 9.47 Å². The van der Waals surface area contributed by atoms with E-state index in [1.807, 2.05) is 12.1 Å². The van der Waals surface area contributed by atoms with Crippen molar-refractivity contribution in [3.05, 3.63) is 23.8 Å². The Morgan fingerprint density at radius 3 is 2.65 bits per heavy atom. The fourth-order valence-corrected chi connectivity index (χ4v) is 2.63. The van der Waals surface area contributed by atoms with Crippen molar-refractivity contribution < 1.29 is 9.47 Å². The molecule has 1 fully saturated rings. The minimum atomic E-state index is 0.517. The molecule has 1 aromatic rings. The van der Waals surface area contributed by atoms with E-state index in [0.29, 0.717) is 11.8 Å².